The van der Waals surface area contributed by atoms with Crippen LogP contribution in [-0.2, 0) is 0 Å². The molecule has 1 aromatic carbocycles. The average Bonchev–Trinajstić information content (AvgIpc) is 2.38. The molecule has 94 valence electrons. The van der Waals surface area contributed by atoms with Gasteiger partial charge in [0.1, 0.15) is 11.6 Å². The van der Waals surface area contributed by atoms with Crippen molar-refractivity contribution in [3.05, 3.63) is 58.6 Å². The number of aromatic nitrogens is 1. The van der Waals surface area contributed by atoms with Gasteiger partial charge in [-0.25, -0.2) is 4.39 Å². The van der Waals surface area contributed by atoms with E-state index in [0.717, 1.165) is 0 Å². The number of rotatable bonds is 3. The second-order valence-corrected chi connectivity index (χ2v) is 4.20. The lowest BCUT2D eigenvalue weighted by atomic mass is 9.99. The average molecular weight is 267 g/mol. The van der Waals surface area contributed by atoms with Crippen molar-refractivity contribution in [1.29, 1.82) is 0 Å². The van der Waals surface area contributed by atoms with Crippen LogP contribution < -0.4 is 10.5 Å². The molecular formula is C13H12ClFN2O. The maximum atomic E-state index is 13.8. The van der Waals surface area contributed by atoms with Crippen LogP contribution in [0.15, 0.2) is 36.7 Å². The van der Waals surface area contributed by atoms with Crippen LogP contribution in [0.2, 0.25) is 5.02 Å². The first-order chi connectivity index (χ1) is 8.63. The molecule has 0 saturated carbocycles. The van der Waals surface area contributed by atoms with Crippen molar-refractivity contribution < 1.29 is 9.13 Å². The minimum Gasteiger partial charge on any atom is -0.495 e. The van der Waals surface area contributed by atoms with Gasteiger partial charge in [-0.2, -0.15) is 0 Å². The molecule has 3 nitrogen and oxygen atoms in total. The molecule has 0 radical (unpaired) electrons. The Kier molecular flexibility index (Phi) is 3.79. The van der Waals surface area contributed by atoms with Crippen LogP contribution in [0.25, 0.3) is 0 Å². The Morgan fingerprint density at radius 1 is 1.33 bits per heavy atom. The topological polar surface area (TPSA) is 48.1 Å². The largest absolute Gasteiger partial charge is 0.495 e. The van der Waals surface area contributed by atoms with Gasteiger partial charge in [0.25, 0.3) is 0 Å². The number of benzene rings is 1. The minimum atomic E-state index is -0.625. The van der Waals surface area contributed by atoms with Gasteiger partial charge in [0.05, 0.1) is 19.3 Å². The predicted octanol–water partition coefficient (Wildman–Crippen LogP) is 2.93. The third-order valence-electron chi connectivity index (χ3n) is 2.67. The maximum Gasteiger partial charge on any atom is 0.142 e. The van der Waals surface area contributed by atoms with Crippen molar-refractivity contribution in [2.24, 2.45) is 5.73 Å². The molecule has 0 fully saturated rings. The quantitative estimate of drug-likeness (QED) is 0.929. The van der Waals surface area contributed by atoms with Gasteiger partial charge in [-0.05, 0) is 18.2 Å². The third kappa shape index (κ3) is 2.44. The molecule has 0 saturated heterocycles. The molecule has 2 aromatic rings. The first kappa shape index (κ1) is 12.8. The van der Waals surface area contributed by atoms with Crippen molar-refractivity contribution in [3.63, 3.8) is 0 Å². The van der Waals surface area contributed by atoms with Crippen LogP contribution in [-0.4, -0.2) is 12.1 Å². The summed E-state index contributed by atoms with van der Waals surface area (Å²) in [5, 5.41) is 0.338. The second-order valence-electron chi connectivity index (χ2n) is 3.76. The third-order valence-corrected chi connectivity index (χ3v) is 2.90. The molecule has 1 atom stereocenters. The van der Waals surface area contributed by atoms with Crippen LogP contribution in [0.1, 0.15) is 17.2 Å². The van der Waals surface area contributed by atoms with Crippen molar-refractivity contribution >= 4 is 11.6 Å². The number of nitrogens with zero attached hydrogens (tertiary/aromatic N) is 1. The van der Waals surface area contributed by atoms with Crippen LogP contribution in [0.4, 0.5) is 4.39 Å². The van der Waals surface area contributed by atoms with Crippen LogP contribution in [0, 0.1) is 5.82 Å². The lowest BCUT2D eigenvalue weighted by molar-refractivity contribution is 0.405. The summed E-state index contributed by atoms with van der Waals surface area (Å²) in [7, 11) is 1.52. The van der Waals surface area contributed by atoms with Gasteiger partial charge in [-0.1, -0.05) is 17.7 Å². The van der Waals surface area contributed by atoms with Crippen molar-refractivity contribution in [2.75, 3.05) is 7.11 Å². The normalized spacial score (nSPS) is 12.2. The van der Waals surface area contributed by atoms with Gasteiger partial charge in [0.2, 0.25) is 0 Å². The van der Waals surface area contributed by atoms with Gasteiger partial charge < -0.3 is 10.5 Å². The van der Waals surface area contributed by atoms with Crippen molar-refractivity contribution in [3.8, 4) is 5.75 Å². The van der Waals surface area contributed by atoms with E-state index in [1.165, 1.54) is 13.2 Å². The highest BCUT2D eigenvalue weighted by atomic mass is 35.5. The summed E-state index contributed by atoms with van der Waals surface area (Å²) in [6.07, 6.45) is 3.13. The summed E-state index contributed by atoms with van der Waals surface area (Å²) in [6.45, 7) is 0. The van der Waals surface area contributed by atoms with E-state index >= 15 is 0 Å². The molecule has 0 amide bonds. The number of halogens is 2. The second kappa shape index (κ2) is 5.33. The molecule has 1 aromatic heterocycles. The van der Waals surface area contributed by atoms with Gasteiger partial charge in [0, 0.05) is 22.3 Å². The fraction of sp³-hybridized carbons (Fsp3) is 0.154. The molecule has 0 aliphatic rings. The molecule has 1 heterocycles. The lowest BCUT2D eigenvalue weighted by Gasteiger charge is -2.16. The monoisotopic (exact) mass is 266 g/mol. The molecule has 2 N–H and O–H groups in total. The molecule has 0 aliphatic carbocycles. The van der Waals surface area contributed by atoms with Gasteiger partial charge in [-0.15, -0.1) is 0 Å². The molecule has 0 bridgehead atoms. The van der Waals surface area contributed by atoms with Gasteiger partial charge >= 0.3 is 0 Å². The first-order valence-corrected chi connectivity index (χ1v) is 5.69. The Balaban J connectivity index is 2.44. The smallest absolute Gasteiger partial charge is 0.142 e. The number of methoxy groups -OCH3 is 1. The van der Waals surface area contributed by atoms with Gasteiger partial charge in [0.15, 0.2) is 0 Å². The summed E-state index contributed by atoms with van der Waals surface area (Å²) in [5.74, 6) is 0.0909. The Labute approximate surface area is 109 Å². The molecular weight excluding hydrogens is 255 g/mol. The van der Waals surface area contributed by atoms with E-state index in [9.17, 15) is 4.39 Å². The predicted molar refractivity (Wildman–Crippen MR) is 68.2 cm³/mol. The zero-order valence-electron chi connectivity index (χ0n) is 9.73. The van der Waals surface area contributed by atoms with E-state index in [1.807, 2.05) is 0 Å². The molecule has 18 heavy (non-hydrogen) atoms. The Bertz CT molecular complexity index is 562. The van der Waals surface area contributed by atoms with Crippen LogP contribution >= 0.6 is 11.6 Å². The summed E-state index contributed by atoms with van der Waals surface area (Å²) in [5.41, 5.74) is 7.09. The molecule has 0 aliphatic heterocycles. The number of ether oxygens (including phenoxy) is 1. The van der Waals surface area contributed by atoms with E-state index in [-0.39, 0.29) is 0 Å². The van der Waals surface area contributed by atoms with Crippen LogP contribution in [0.5, 0.6) is 5.75 Å². The maximum absolute atomic E-state index is 13.8. The van der Waals surface area contributed by atoms with Gasteiger partial charge in [-0.3, -0.25) is 4.98 Å². The first-order valence-electron chi connectivity index (χ1n) is 5.32. The number of hydrogen-bond acceptors (Lipinski definition) is 3. The number of pyridine rings is 1. The standard InChI is InChI=1S/C13H12ClFN2O/c1-18-12-7-17-5-4-10(12)13(16)9-3-2-8(14)6-11(9)15/h2-7,13H,16H2,1H3. The van der Waals surface area contributed by atoms with E-state index in [2.05, 4.69) is 4.98 Å². The summed E-state index contributed by atoms with van der Waals surface area (Å²) < 4.78 is 19.0. The number of nitrogens with two attached hydrogens (primary N) is 1. The summed E-state index contributed by atoms with van der Waals surface area (Å²) >= 11 is 5.71. The van der Waals surface area contributed by atoms with Crippen LogP contribution in [0.3, 0.4) is 0 Å². The molecule has 5 heteroatoms. The zero-order chi connectivity index (χ0) is 13.1. The van der Waals surface area contributed by atoms with E-state index < -0.39 is 11.9 Å². The molecule has 1 unspecified atom stereocenters. The fourth-order valence-corrected chi connectivity index (χ4v) is 1.90. The van der Waals surface area contributed by atoms with E-state index in [0.29, 0.717) is 21.9 Å². The highest BCUT2D eigenvalue weighted by Gasteiger charge is 2.17. The Morgan fingerprint density at radius 3 is 2.78 bits per heavy atom. The summed E-state index contributed by atoms with van der Waals surface area (Å²) in [6, 6.07) is 5.50. The highest BCUT2D eigenvalue weighted by Crippen LogP contribution is 2.29. The minimum absolute atomic E-state index is 0.338. The zero-order valence-corrected chi connectivity index (χ0v) is 10.5. The van der Waals surface area contributed by atoms with Crippen molar-refractivity contribution in [1.82, 2.24) is 4.98 Å². The molecule has 0 spiro atoms. The Hall–Kier alpha value is -1.65. The van der Waals surface area contributed by atoms with E-state index in [1.54, 1.807) is 30.6 Å². The molecule has 2 rings (SSSR count). The lowest BCUT2D eigenvalue weighted by Crippen LogP contribution is -2.14. The number of hydrogen-bond donors (Lipinski definition) is 1. The fourth-order valence-electron chi connectivity index (χ4n) is 1.74. The Morgan fingerprint density at radius 2 is 2.11 bits per heavy atom. The highest BCUT2D eigenvalue weighted by molar-refractivity contribution is 6.30. The van der Waals surface area contributed by atoms with E-state index in [4.69, 9.17) is 22.1 Å². The van der Waals surface area contributed by atoms with Crippen molar-refractivity contribution in [2.45, 2.75) is 6.04 Å². The summed E-state index contributed by atoms with van der Waals surface area (Å²) in [4.78, 5) is 3.93. The SMILES string of the molecule is COc1cnccc1C(N)c1ccc(Cl)cc1F.